The maximum absolute atomic E-state index is 5.44. The number of methoxy groups -OCH3 is 1. The molecule has 0 bridgehead atoms. The van der Waals surface area contributed by atoms with E-state index in [4.69, 9.17) is 9.47 Å². The van der Waals surface area contributed by atoms with Crippen molar-refractivity contribution in [1.29, 1.82) is 0 Å². The minimum Gasteiger partial charge on any atom is -0.475 e. The molecular formula is C16H19IN2O2. The Balaban J connectivity index is 1.91. The molecule has 0 aliphatic carbocycles. The number of pyridine rings is 1. The van der Waals surface area contributed by atoms with Crippen LogP contribution in [0.1, 0.15) is 18.5 Å². The monoisotopic (exact) mass is 398 g/mol. The highest BCUT2D eigenvalue weighted by molar-refractivity contribution is 14.1. The number of rotatable bonds is 7. The molecule has 112 valence electrons. The smallest absolute Gasteiger partial charge is 0.213 e. The Kier molecular flexibility index (Phi) is 6.25. The van der Waals surface area contributed by atoms with Gasteiger partial charge < -0.3 is 14.8 Å². The number of anilines is 1. The van der Waals surface area contributed by atoms with Gasteiger partial charge in [0, 0.05) is 22.8 Å². The molecule has 21 heavy (non-hydrogen) atoms. The van der Waals surface area contributed by atoms with Gasteiger partial charge in [0.05, 0.1) is 18.5 Å². The molecule has 1 N–H and O–H groups in total. The molecule has 2 rings (SSSR count). The molecule has 1 atom stereocenters. The van der Waals surface area contributed by atoms with Crippen molar-refractivity contribution in [3.8, 4) is 5.88 Å². The van der Waals surface area contributed by atoms with Gasteiger partial charge in [0.15, 0.2) is 0 Å². The fourth-order valence-electron chi connectivity index (χ4n) is 1.87. The van der Waals surface area contributed by atoms with Crippen molar-refractivity contribution in [1.82, 2.24) is 4.98 Å². The quantitative estimate of drug-likeness (QED) is 0.568. The van der Waals surface area contributed by atoms with Gasteiger partial charge in [-0.15, -0.1) is 0 Å². The average molecular weight is 398 g/mol. The number of nitrogens with zero attached hydrogens (tertiary/aromatic N) is 1. The second kappa shape index (κ2) is 8.19. The lowest BCUT2D eigenvalue weighted by molar-refractivity contribution is 0.144. The van der Waals surface area contributed by atoms with Gasteiger partial charge in [0.2, 0.25) is 5.88 Å². The molecule has 0 aliphatic rings. The van der Waals surface area contributed by atoms with Crippen LogP contribution >= 0.6 is 22.6 Å². The lowest BCUT2D eigenvalue weighted by Crippen LogP contribution is -2.08. The fourth-order valence-corrected chi connectivity index (χ4v) is 2.22. The van der Waals surface area contributed by atoms with Crippen LogP contribution in [-0.4, -0.2) is 25.3 Å². The molecule has 0 amide bonds. The number of halogens is 1. The number of hydrogen-bond donors (Lipinski definition) is 1. The van der Waals surface area contributed by atoms with E-state index in [2.05, 4.69) is 64.1 Å². The van der Waals surface area contributed by atoms with Gasteiger partial charge in [-0.1, -0.05) is 12.1 Å². The zero-order valence-corrected chi connectivity index (χ0v) is 14.3. The summed E-state index contributed by atoms with van der Waals surface area (Å²) in [5.74, 6) is 0.611. The third-order valence-electron chi connectivity index (χ3n) is 3.03. The Hall–Kier alpha value is -1.34. The number of aromatic nitrogens is 1. The molecule has 1 aromatic carbocycles. The van der Waals surface area contributed by atoms with Gasteiger partial charge in [-0.05, 0) is 53.3 Å². The molecule has 0 fully saturated rings. The highest BCUT2D eigenvalue weighted by atomic mass is 127. The van der Waals surface area contributed by atoms with Crippen LogP contribution in [0.3, 0.4) is 0 Å². The Labute approximate surface area is 139 Å². The van der Waals surface area contributed by atoms with Crippen molar-refractivity contribution >= 4 is 28.3 Å². The SMILES string of the molecule is COCCOc1ccc(NC(C)c2ccc(I)cc2)cn1. The largest absolute Gasteiger partial charge is 0.475 e. The molecule has 4 nitrogen and oxygen atoms in total. The predicted octanol–water partition coefficient (Wildman–Crippen LogP) is 3.88. The standard InChI is InChI=1S/C16H19IN2O2/c1-12(13-3-5-14(17)6-4-13)19-15-7-8-16(18-11-15)21-10-9-20-2/h3-8,11-12,19H,9-10H2,1-2H3. The molecule has 0 radical (unpaired) electrons. The summed E-state index contributed by atoms with van der Waals surface area (Å²) in [5.41, 5.74) is 2.22. The normalized spacial score (nSPS) is 12.0. The Morgan fingerprint density at radius 2 is 1.90 bits per heavy atom. The number of ether oxygens (including phenoxy) is 2. The Morgan fingerprint density at radius 3 is 2.52 bits per heavy atom. The third-order valence-corrected chi connectivity index (χ3v) is 3.75. The summed E-state index contributed by atoms with van der Waals surface area (Å²) in [6, 6.07) is 12.5. The molecule has 0 spiro atoms. The van der Waals surface area contributed by atoms with Gasteiger partial charge in [-0.2, -0.15) is 0 Å². The second-order valence-electron chi connectivity index (χ2n) is 4.64. The van der Waals surface area contributed by atoms with Gasteiger partial charge in [-0.3, -0.25) is 0 Å². The van der Waals surface area contributed by atoms with Crippen LogP contribution in [-0.2, 0) is 4.74 Å². The van der Waals surface area contributed by atoms with E-state index >= 15 is 0 Å². The van der Waals surface area contributed by atoms with Crippen molar-refractivity contribution < 1.29 is 9.47 Å². The van der Waals surface area contributed by atoms with E-state index in [0.717, 1.165) is 5.69 Å². The maximum atomic E-state index is 5.44. The van der Waals surface area contributed by atoms with E-state index in [1.54, 1.807) is 13.3 Å². The minimum atomic E-state index is 0.226. The molecule has 0 saturated heterocycles. The van der Waals surface area contributed by atoms with Gasteiger partial charge in [0.25, 0.3) is 0 Å². The highest BCUT2D eigenvalue weighted by Crippen LogP contribution is 2.20. The molecule has 1 heterocycles. The highest BCUT2D eigenvalue weighted by Gasteiger charge is 2.05. The van der Waals surface area contributed by atoms with Crippen molar-refractivity contribution in [3.63, 3.8) is 0 Å². The van der Waals surface area contributed by atoms with Crippen molar-refractivity contribution in [2.24, 2.45) is 0 Å². The van der Waals surface area contributed by atoms with Crippen LogP contribution in [0.4, 0.5) is 5.69 Å². The summed E-state index contributed by atoms with van der Waals surface area (Å²) < 4.78 is 11.6. The van der Waals surface area contributed by atoms with Crippen molar-refractivity contribution in [2.75, 3.05) is 25.6 Å². The summed E-state index contributed by atoms with van der Waals surface area (Å²) in [4.78, 5) is 4.27. The first-order valence-corrected chi connectivity index (χ1v) is 7.86. The number of hydrogen-bond acceptors (Lipinski definition) is 4. The minimum absolute atomic E-state index is 0.226. The first-order valence-electron chi connectivity index (χ1n) is 6.79. The van der Waals surface area contributed by atoms with E-state index in [0.29, 0.717) is 19.1 Å². The lowest BCUT2D eigenvalue weighted by Gasteiger charge is -2.16. The summed E-state index contributed by atoms with van der Waals surface area (Å²) in [6.07, 6.45) is 1.78. The van der Waals surface area contributed by atoms with Crippen LogP contribution in [0.25, 0.3) is 0 Å². The van der Waals surface area contributed by atoms with E-state index in [1.807, 2.05) is 12.1 Å². The predicted molar refractivity (Wildman–Crippen MR) is 92.8 cm³/mol. The van der Waals surface area contributed by atoms with E-state index < -0.39 is 0 Å². The Morgan fingerprint density at radius 1 is 1.14 bits per heavy atom. The number of nitrogens with one attached hydrogen (secondary N) is 1. The van der Waals surface area contributed by atoms with Crippen molar-refractivity contribution in [3.05, 3.63) is 51.7 Å². The molecule has 0 aliphatic heterocycles. The maximum Gasteiger partial charge on any atom is 0.213 e. The van der Waals surface area contributed by atoms with E-state index in [1.165, 1.54) is 9.13 Å². The average Bonchev–Trinajstić information content (AvgIpc) is 2.50. The third kappa shape index (κ3) is 5.17. The van der Waals surface area contributed by atoms with Crippen LogP contribution in [0.5, 0.6) is 5.88 Å². The Bertz CT molecular complexity index is 543. The zero-order chi connectivity index (χ0) is 15.1. The lowest BCUT2D eigenvalue weighted by atomic mass is 10.1. The molecule has 5 heteroatoms. The number of benzene rings is 1. The molecule has 2 aromatic rings. The first kappa shape index (κ1) is 16.0. The second-order valence-corrected chi connectivity index (χ2v) is 5.89. The zero-order valence-electron chi connectivity index (χ0n) is 12.2. The van der Waals surface area contributed by atoms with Gasteiger partial charge in [0.1, 0.15) is 6.61 Å². The van der Waals surface area contributed by atoms with Crippen molar-refractivity contribution in [2.45, 2.75) is 13.0 Å². The van der Waals surface area contributed by atoms with Gasteiger partial charge >= 0.3 is 0 Å². The van der Waals surface area contributed by atoms with Crippen LogP contribution < -0.4 is 10.1 Å². The van der Waals surface area contributed by atoms with Gasteiger partial charge in [-0.25, -0.2) is 4.98 Å². The molecular weight excluding hydrogens is 379 g/mol. The van der Waals surface area contributed by atoms with E-state index in [9.17, 15) is 0 Å². The van der Waals surface area contributed by atoms with Crippen LogP contribution in [0.2, 0.25) is 0 Å². The fraction of sp³-hybridized carbons (Fsp3) is 0.312. The summed E-state index contributed by atoms with van der Waals surface area (Å²) in [5, 5.41) is 3.43. The first-order chi connectivity index (χ1) is 10.2. The molecule has 0 saturated carbocycles. The van der Waals surface area contributed by atoms with Crippen LogP contribution in [0, 0.1) is 3.57 Å². The summed E-state index contributed by atoms with van der Waals surface area (Å²) >= 11 is 2.31. The topological polar surface area (TPSA) is 43.4 Å². The van der Waals surface area contributed by atoms with E-state index in [-0.39, 0.29) is 6.04 Å². The molecule has 1 aromatic heterocycles. The summed E-state index contributed by atoms with van der Waals surface area (Å²) in [7, 11) is 1.65. The molecule has 1 unspecified atom stereocenters. The summed E-state index contributed by atoms with van der Waals surface area (Å²) in [6.45, 7) is 3.20. The van der Waals surface area contributed by atoms with Crippen LogP contribution in [0.15, 0.2) is 42.6 Å².